The molecule has 1 aromatic rings. The molecule has 138 valence electrons. The maximum absolute atomic E-state index is 13.3. The Labute approximate surface area is 146 Å². The monoisotopic (exact) mass is 353 g/mol. The number of ether oxygens (including phenoxy) is 1. The fourth-order valence-corrected chi connectivity index (χ4v) is 3.02. The highest BCUT2D eigenvalue weighted by molar-refractivity contribution is 5.68. The number of carbonyl (C=O) groups is 1. The average molecular weight is 353 g/mol. The van der Waals surface area contributed by atoms with Crippen LogP contribution in [0.1, 0.15) is 40.5 Å². The van der Waals surface area contributed by atoms with Gasteiger partial charge < -0.3 is 15.0 Å². The van der Waals surface area contributed by atoms with Crippen molar-refractivity contribution in [2.24, 2.45) is 0 Å². The Kier molecular flexibility index (Phi) is 5.49. The Morgan fingerprint density at radius 2 is 2.12 bits per heavy atom. The number of rotatable bonds is 3. The summed E-state index contributed by atoms with van der Waals surface area (Å²) in [5, 5.41) is 14.0. The molecule has 7 nitrogen and oxygen atoms in total. The van der Waals surface area contributed by atoms with Crippen LogP contribution in [0.15, 0.2) is 18.2 Å². The molecule has 1 heterocycles. The smallest absolute Gasteiger partial charge is 0.407 e. The summed E-state index contributed by atoms with van der Waals surface area (Å²) in [6.07, 6.45) is 0.775. The molecule has 0 radical (unpaired) electrons. The van der Waals surface area contributed by atoms with E-state index in [1.807, 2.05) is 11.8 Å². The summed E-state index contributed by atoms with van der Waals surface area (Å²) in [5.41, 5.74) is -0.412. The number of carbonyl (C=O) groups excluding carboxylic acids is 1. The van der Waals surface area contributed by atoms with Crippen molar-refractivity contribution in [2.45, 2.75) is 58.2 Å². The van der Waals surface area contributed by atoms with Crippen LogP contribution in [-0.4, -0.2) is 35.2 Å². The Morgan fingerprint density at radius 1 is 1.44 bits per heavy atom. The van der Waals surface area contributed by atoms with Gasteiger partial charge in [0.15, 0.2) is 0 Å². The number of amides is 1. The Bertz CT molecular complexity index is 660. The molecule has 1 N–H and O–H groups in total. The van der Waals surface area contributed by atoms with Crippen LogP contribution >= 0.6 is 0 Å². The van der Waals surface area contributed by atoms with Gasteiger partial charge in [-0.05, 0) is 52.7 Å². The molecule has 0 aliphatic carbocycles. The van der Waals surface area contributed by atoms with E-state index < -0.39 is 22.4 Å². The minimum absolute atomic E-state index is 0.0437. The molecule has 2 unspecified atom stereocenters. The number of halogens is 1. The predicted molar refractivity (Wildman–Crippen MR) is 92.3 cm³/mol. The van der Waals surface area contributed by atoms with E-state index in [0.717, 1.165) is 6.07 Å². The number of nitro benzene ring substituents is 1. The van der Waals surface area contributed by atoms with Crippen LogP contribution in [0.5, 0.6) is 0 Å². The number of piperidine rings is 1. The fraction of sp³-hybridized carbons (Fsp3) is 0.588. The number of benzene rings is 1. The van der Waals surface area contributed by atoms with E-state index in [9.17, 15) is 19.3 Å². The first-order valence-electron chi connectivity index (χ1n) is 8.27. The highest BCUT2D eigenvalue weighted by Crippen LogP contribution is 2.33. The predicted octanol–water partition coefficient (Wildman–Crippen LogP) is 3.62. The number of nitrogens with one attached hydrogen (secondary N) is 1. The second-order valence-electron chi connectivity index (χ2n) is 7.30. The molecule has 1 saturated heterocycles. The zero-order chi connectivity index (χ0) is 18.8. The third-order valence-corrected chi connectivity index (χ3v) is 4.04. The lowest BCUT2D eigenvalue weighted by Crippen LogP contribution is -2.50. The lowest BCUT2D eigenvalue weighted by atomic mass is 9.97. The van der Waals surface area contributed by atoms with Gasteiger partial charge in [0.05, 0.1) is 11.0 Å². The first-order chi connectivity index (χ1) is 11.6. The number of nitrogens with zero attached hydrogens (tertiary/aromatic N) is 2. The van der Waals surface area contributed by atoms with Gasteiger partial charge in [0, 0.05) is 18.6 Å². The molecule has 1 aliphatic heterocycles. The van der Waals surface area contributed by atoms with E-state index in [2.05, 4.69) is 5.32 Å². The molecule has 25 heavy (non-hydrogen) atoms. The lowest BCUT2D eigenvalue weighted by molar-refractivity contribution is -0.384. The van der Waals surface area contributed by atoms with Crippen molar-refractivity contribution in [3.63, 3.8) is 0 Å². The third-order valence-electron chi connectivity index (χ3n) is 4.04. The molecular formula is C17H24FN3O4. The minimum atomic E-state index is -0.635. The van der Waals surface area contributed by atoms with E-state index >= 15 is 0 Å². The van der Waals surface area contributed by atoms with Crippen molar-refractivity contribution in [2.75, 3.05) is 11.4 Å². The van der Waals surface area contributed by atoms with Gasteiger partial charge in [-0.1, -0.05) is 0 Å². The maximum atomic E-state index is 13.3. The van der Waals surface area contributed by atoms with Crippen LogP contribution in [0.4, 0.5) is 20.6 Å². The van der Waals surface area contributed by atoms with Crippen molar-refractivity contribution in [3.8, 4) is 0 Å². The van der Waals surface area contributed by atoms with Gasteiger partial charge in [0.25, 0.3) is 5.69 Å². The zero-order valence-corrected chi connectivity index (χ0v) is 14.9. The number of anilines is 1. The van der Waals surface area contributed by atoms with Crippen LogP contribution in [-0.2, 0) is 4.74 Å². The topological polar surface area (TPSA) is 84.7 Å². The maximum Gasteiger partial charge on any atom is 0.407 e. The van der Waals surface area contributed by atoms with Crippen LogP contribution in [0, 0.1) is 15.9 Å². The molecule has 1 fully saturated rings. The normalized spacial score (nSPS) is 20.9. The van der Waals surface area contributed by atoms with Crippen molar-refractivity contribution >= 4 is 17.5 Å². The van der Waals surface area contributed by atoms with Crippen molar-refractivity contribution < 1.29 is 18.8 Å². The Balaban J connectivity index is 2.05. The molecule has 1 amide bonds. The molecule has 0 bridgehead atoms. The summed E-state index contributed by atoms with van der Waals surface area (Å²) >= 11 is 0. The standard InChI is InChI=1S/C17H24FN3O4/c1-11-9-13(19-16(22)25-17(2,3)4)7-8-20(11)14-6-5-12(18)10-15(14)21(23)24/h5-6,10-11,13H,7-9H2,1-4H3,(H,19,22). The summed E-state index contributed by atoms with van der Waals surface area (Å²) in [4.78, 5) is 24.4. The van der Waals surface area contributed by atoms with E-state index in [-0.39, 0.29) is 17.8 Å². The lowest BCUT2D eigenvalue weighted by Gasteiger charge is -2.39. The van der Waals surface area contributed by atoms with Gasteiger partial charge >= 0.3 is 6.09 Å². The molecule has 0 saturated carbocycles. The highest BCUT2D eigenvalue weighted by Gasteiger charge is 2.31. The van der Waals surface area contributed by atoms with Gasteiger partial charge in [-0.15, -0.1) is 0 Å². The molecule has 0 spiro atoms. The van der Waals surface area contributed by atoms with Crippen LogP contribution in [0.3, 0.4) is 0 Å². The summed E-state index contributed by atoms with van der Waals surface area (Å²) in [5.74, 6) is -0.635. The Hall–Kier alpha value is -2.38. The van der Waals surface area contributed by atoms with E-state index in [1.54, 1.807) is 20.8 Å². The number of nitro groups is 1. The van der Waals surface area contributed by atoms with Gasteiger partial charge in [-0.2, -0.15) is 0 Å². The molecule has 2 rings (SSSR count). The summed E-state index contributed by atoms with van der Waals surface area (Å²) < 4.78 is 18.6. The molecule has 2 atom stereocenters. The summed E-state index contributed by atoms with van der Waals surface area (Å²) in [7, 11) is 0. The second-order valence-corrected chi connectivity index (χ2v) is 7.30. The number of hydrogen-bond donors (Lipinski definition) is 1. The molecule has 1 aromatic carbocycles. The molecule has 8 heteroatoms. The first kappa shape index (κ1) is 19.0. The quantitative estimate of drug-likeness (QED) is 0.663. The van der Waals surface area contributed by atoms with Gasteiger partial charge in [0.2, 0.25) is 0 Å². The average Bonchev–Trinajstić information content (AvgIpc) is 2.45. The minimum Gasteiger partial charge on any atom is -0.444 e. The summed E-state index contributed by atoms with van der Waals surface area (Å²) in [6, 6.07) is 3.48. The van der Waals surface area contributed by atoms with E-state index in [1.165, 1.54) is 12.1 Å². The van der Waals surface area contributed by atoms with Gasteiger partial charge in [0.1, 0.15) is 17.1 Å². The summed E-state index contributed by atoms with van der Waals surface area (Å²) in [6.45, 7) is 7.84. The molecular weight excluding hydrogens is 329 g/mol. The van der Waals surface area contributed by atoms with Crippen molar-refractivity contribution in [3.05, 3.63) is 34.1 Å². The van der Waals surface area contributed by atoms with Crippen LogP contribution < -0.4 is 10.2 Å². The highest BCUT2D eigenvalue weighted by atomic mass is 19.1. The SMILES string of the molecule is CC1CC(NC(=O)OC(C)(C)C)CCN1c1ccc(F)cc1[N+](=O)[O-]. The van der Waals surface area contributed by atoms with Gasteiger partial charge in [-0.3, -0.25) is 10.1 Å². The zero-order valence-electron chi connectivity index (χ0n) is 14.9. The largest absolute Gasteiger partial charge is 0.444 e. The van der Waals surface area contributed by atoms with Gasteiger partial charge in [-0.25, -0.2) is 9.18 Å². The van der Waals surface area contributed by atoms with Crippen molar-refractivity contribution in [1.82, 2.24) is 5.32 Å². The van der Waals surface area contributed by atoms with Crippen LogP contribution in [0.25, 0.3) is 0 Å². The van der Waals surface area contributed by atoms with E-state index in [4.69, 9.17) is 4.74 Å². The van der Waals surface area contributed by atoms with Crippen molar-refractivity contribution in [1.29, 1.82) is 0 Å². The molecule has 0 aromatic heterocycles. The van der Waals surface area contributed by atoms with E-state index in [0.29, 0.717) is 25.1 Å². The third kappa shape index (κ3) is 5.04. The number of alkyl carbamates (subject to hydrolysis) is 1. The first-order valence-corrected chi connectivity index (χ1v) is 8.27. The second kappa shape index (κ2) is 7.25. The Morgan fingerprint density at radius 3 is 2.68 bits per heavy atom. The number of hydrogen-bond acceptors (Lipinski definition) is 5. The van der Waals surface area contributed by atoms with Crippen LogP contribution in [0.2, 0.25) is 0 Å². The molecule has 1 aliphatic rings. The fourth-order valence-electron chi connectivity index (χ4n) is 3.02.